The van der Waals surface area contributed by atoms with Crippen molar-refractivity contribution in [3.8, 4) is 0 Å². The van der Waals surface area contributed by atoms with Gasteiger partial charge in [0.2, 0.25) is 5.79 Å². The van der Waals surface area contributed by atoms with Crippen molar-refractivity contribution in [3.05, 3.63) is 107 Å². The largest absolute Gasteiger partial charge is 0.317 e. The minimum atomic E-state index is -1.15. The highest BCUT2D eigenvalue weighted by Crippen LogP contribution is 2.55. The fourth-order valence-electron chi connectivity index (χ4n) is 3.99. The topological polar surface area (TPSA) is 36.9 Å². The van der Waals surface area contributed by atoms with Crippen LogP contribution in [0.3, 0.4) is 0 Å². The van der Waals surface area contributed by atoms with Crippen molar-refractivity contribution in [2.75, 3.05) is 0 Å². The van der Waals surface area contributed by atoms with Gasteiger partial charge in [-0.25, -0.2) is 4.89 Å². The van der Waals surface area contributed by atoms with E-state index in [2.05, 4.69) is 18.2 Å². The molecule has 3 aromatic rings. The van der Waals surface area contributed by atoms with Crippen molar-refractivity contribution in [1.29, 1.82) is 0 Å². The van der Waals surface area contributed by atoms with Crippen molar-refractivity contribution in [2.45, 2.75) is 31.2 Å². The third kappa shape index (κ3) is 2.69. The summed E-state index contributed by atoms with van der Waals surface area (Å²) in [6.07, 6.45) is -1.12. The van der Waals surface area contributed by atoms with Crippen LogP contribution >= 0.6 is 0 Å². The van der Waals surface area contributed by atoms with Gasteiger partial charge in [0.05, 0.1) is 5.92 Å². The summed E-state index contributed by atoms with van der Waals surface area (Å²) < 4.78 is 12.5. The van der Waals surface area contributed by atoms with Gasteiger partial charge in [0.1, 0.15) is 0 Å². The van der Waals surface area contributed by atoms with Gasteiger partial charge in [-0.1, -0.05) is 84.9 Å². The molecule has 3 aromatic carbocycles. The van der Waals surface area contributed by atoms with E-state index in [1.807, 2.05) is 73.7 Å². The van der Waals surface area contributed by atoms with Gasteiger partial charge in [-0.2, -0.15) is 4.89 Å². The third-order valence-corrected chi connectivity index (χ3v) is 5.15. The molecule has 27 heavy (non-hydrogen) atoms. The van der Waals surface area contributed by atoms with Crippen LogP contribution in [0, 0.1) is 0 Å². The first kappa shape index (κ1) is 16.7. The molecule has 136 valence electrons. The van der Waals surface area contributed by atoms with Gasteiger partial charge < -0.3 is 9.47 Å². The lowest BCUT2D eigenvalue weighted by atomic mass is 9.77. The van der Waals surface area contributed by atoms with Crippen molar-refractivity contribution in [2.24, 2.45) is 0 Å². The fourth-order valence-corrected chi connectivity index (χ4v) is 3.99. The molecule has 0 spiro atoms. The number of hydrogen-bond donors (Lipinski definition) is 0. The van der Waals surface area contributed by atoms with E-state index in [1.54, 1.807) is 0 Å². The summed E-state index contributed by atoms with van der Waals surface area (Å²) in [5, 5.41) is 0. The summed E-state index contributed by atoms with van der Waals surface area (Å²) in [6.45, 7) is 1.81. The lowest BCUT2D eigenvalue weighted by molar-refractivity contribution is -0.449. The molecule has 2 aliphatic rings. The maximum atomic E-state index is 6.52. The van der Waals surface area contributed by atoms with Crippen LogP contribution in [-0.2, 0) is 25.0 Å². The molecular formula is C23H20O4. The number of ether oxygens (including phenoxy) is 2. The Labute approximate surface area is 158 Å². The molecule has 0 N–H and O–H groups in total. The SMILES string of the molecule is CC1OO[C@@]2(c3ccccc3)O[C@@H](O1)c1ccccc1[C@@H]2c1ccccc1. The quantitative estimate of drug-likeness (QED) is 0.601. The summed E-state index contributed by atoms with van der Waals surface area (Å²) in [4.78, 5) is 11.6. The molecule has 2 aliphatic heterocycles. The van der Waals surface area contributed by atoms with Crippen LogP contribution in [0.15, 0.2) is 84.9 Å². The predicted molar refractivity (Wildman–Crippen MR) is 99.4 cm³/mol. The van der Waals surface area contributed by atoms with E-state index in [-0.39, 0.29) is 5.92 Å². The molecule has 0 aliphatic carbocycles. The van der Waals surface area contributed by atoms with Crippen molar-refractivity contribution >= 4 is 0 Å². The first-order valence-electron chi connectivity index (χ1n) is 9.15. The van der Waals surface area contributed by atoms with Gasteiger partial charge >= 0.3 is 0 Å². The molecule has 4 atom stereocenters. The van der Waals surface area contributed by atoms with Crippen molar-refractivity contribution < 1.29 is 19.2 Å². The molecule has 2 bridgehead atoms. The van der Waals surface area contributed by atoms with Crippen LogP contribution in [0.4, 0.5) is 0 Å². The van der Waals surface area contributed by atoms with Crippen LogP contribution < -0.4 is 0 Å². The smallest absolute Gasteiger partial charge is 0.241 e. The van der Waals surface area contributed by atoms with E-state index < -0.39 is 18.4 Å². The third-order valence-electron chi connectivity index (χ3n) is 5.15. The average molecular weight is 360 g/mol. The minimum Gasteiger partial charge on any atom is -0.317 e. The van der Waals surface area contributed by atoms with Gasteiger partial charge in [0.15, 0.2) is 12.6 Å². The molecule has 2 heterocycles. The molecule has 5 rings (SSSR count). The highest BCUT2D eigenvalue weighted by atomic mass is 17.3. The first-order valence-corrected chi connectivity index (χ1v) is 9.15. The van der Waals surface area contributed by atoms with E-state index in [0.717, 1.165) is 22.3 Å². The Morgan fingerprint density at radius 1 is 0.741 bits per heavy atom. The Morgan fingerprint density at radius 2 is 1.37 bits per heavy atom. The lowest BCUT2D eigenvalue weighted by Crippen LogP contribution is -2.43. The zero-order chi connectivity index (χ0) is 18.3. The summed E-state index contributed by atoms with van der Waals surface area (Å²) in [5.74, 6) is -1.35. The highest BCUT2D eigenvalue weighted by molar-refractivity contribution is 5.45. The summed E-state index contributed by atoms with van der Waals surface area (Å²) >= 11 is 0. The van der Waals surface area contributed by atoms with Crippen LogP contribution in [0.25, 0.3) is 0 Å². The average Bonchev–Trinajstić information content (AvgIpc) is 2.88. The van der Waals surface area contributed by atoms with Crippen LogP contribution in [0.2, 0.25) is 0 Å². The molecule has 0 aromatic heterocycles. The zero-order valence-corrected chi connectivity index (χ0v) is 14.9. The van der Waals surface area contributed by atoms with E-state index in [9.17, 15) is 0 Å². The van der Waals surface area contributed by atoms with E-state index in [0.29, 0.717) is 0 Å². The van der Waals surface area contributed by atoms with Gasteiger partial charge in [-0.3, -0.25) is 0 Å². The first-order chi connectivity index (χ1) is 13.3. The van der Waals surface area contributed by atoms with Gasteiger partial charge in [-0.05, 0) is 18.1 Å². The number of rotatable bonds is 2. The molecular weight excluding hydrogens is 340 g/mol. The summed E-state index contributed by atoms with van der Waals surface area (Å²) in [5.41, 5.74) is 4.09. The van der Waals surface area contributed by atoms with Gasteiger partial charge in [0, 0.05) is 11.1 Å². The molecule has 0 radical (unpaired) electrons. The van der Waals surface area contributed by atoms with E-state index >= 15 is 0 Å². The Morgan fingerprint density at radius 3 is 2.11 bits per heavy atom. The number of fused-ring (bicyclic) bond motifs is 4. The summed E-state index contributed by atoms with van der Waals surface area (Å²) in [7, 11) is 0. The van der Waals surface area contributed by atoms with E-state index in [1.165, 1.54) is 0 Å². The Balaban J connectivity index is 1.80. The minimum absolute atomic E-state index is 0.206. The maximum Gasteiger partial charge on any atom is 0.241 e. The van der Waals surface area contributed by atoms with Crippen molar-refractivity contribution in [1.82, 2.24) is 0 Å². The molecule has 0 saturated carbocycles. The predicted octanol–water partition coefficient (Wildman–Crippen LogP) is 5.02. The second kappa shape index (κ2) is 6.59. The normalized spacial score (nSPS) is 29.6. The Bertz CT molecular complexity index is 927. The second-order valence-electron chi connectivity index (χ2n) is 6.84. The molecule has 1 unspecified atom stereocenters. The maximum absolute atomic E-state index is 6.52. The number of benzene rings is 3. The molecule has 0 amide bonds. The molecule has 4 heteroatoms. The molecule has 4 nitrogen and oxygen atoms in total. The highest BCUT2D eigenvalue weighted by Gasteiger charge is 2.54. The Hall–Kier alpha value is -2.50. The van der Waals surface area contributed by atoms with Crippen molar-refractivity contribution in [3.63, 3.8) is 0 Å². The van der Waals surface area contributed by atoms with Gasteiger partial charge in [-0.15, -0.1) is 0 Å². The summed E-state index contributed by atoms with van der Waals surface area (Å²) in [6, 6.07) is 28.4. The zero-order valence-electron chi connectivity index (χ0n) is 14.9. The molecule has 1 saturated heterocycles. The fraction of sp³-hybridized carbons (Fsp3) is 0.217. The molecule has 1 fully saturated rings. The van der Waals surface area contributed by atoms with E-state index in [4.69, 9.17) is 19.2 Å². The second-order valence-corrected chi connectivity index (χ2v) is 6.84. The van der Waals surface area contributed by atoms with Gasteiger partial charge in [0.25, 0.3) is 0 Å². The Kier molecular flexibility index (Phi) is 4.06. The van der Waals surface area contributed by atoms with Crippen LogP contribution in [0.1, 0.15) is 41.4 Å². The monoisotopic (exact) mass is 360 g/mol. The lowest BCUT2D eigenvalue weighted by Gasteiger charge is -2.44. The standard InChI is InChI=1S/C23H20O4/c1-16-24-22-20-15-9-8-14-19(20)21(17-10-4-2-5-11-17)23(25-22,27-26-16)18-12-6-3-7-13-18/h2-16,21-22H,1H3/t16?,21-,22+,23+/m0/s1. The van der Waals surface area contributed by atoms with Crippen LogP contribution in [-0.4, -0.2) is 6.29 Å². The number of hydrogen-bond acceptors (Lipinski definition) is 4. The van der Waals surface area contributed by atoms with Crippen LogP contribution in [0.5, 0.6) is 0 Å².